The molecule has 1 heterocycles. The van der Waals surface area contributed by atoms with Crippen LogP contribution in [-0.2, 0) is 0 Å². The van der Waals surface area contributed by atoms with Gasteiger partial charge in [0, 0.05) is 11.3 Å². The number of H-pyrrole nitrogens is 1. The van der Waals surface area contributed by atoms with Gasteiger partial charge in [0.1, 0.15) is 5.75 Å². The van der Waals surface area contributed by atoms with Crippen molar-refractivity contribution in [2.75, 3.05) is 7.11 Å². The van der Waals surface area contributed by atoms with Gasteiger partial charge in [0.05, 0.1) is 12.8 Å². The fraction of sp³-hybridized carbons (Fsp3) is 0.357. The number of hydrogen-bond acceptors (Lipinski definition) is 2. The average Bonchev–Trinajstić information content (AvgIpc) is 2.71. The van der Waals surface area contributed by atoms with Gasteiger partial charge < -0.3 is 4.74 Å². The average molecular weight is 230 g/mol. The third-order valence-corrected chi connectivity index (χ3v) is 3.21. The monoisotopic (exact) mass is 230 g/mol. The molecule has 0 aliphatic rings. The summed E-state index contributed by atoms with van der Waals surface area (Å²) in [6, 6.07) is 4.20. The first-order chi connectivity index (χ1) is 8.04. The lowest BCUT2D eigenvalue weighted by Crippen LogP contribution is -1.96. The molecular weight excluding hydrogens is 212 g/mol. The minimum absolute atomic E-state index is 0.971. The number of ether oxygens (including phenoxy) is 1. The summed E-state index contributed by atoms with van der Waals surface area (Å²) < 4.78 is 5.42. The Hall–Kier alpha value is -1.77. The molecule has 0 aliphatic heterocycles. The van der Waals surface area contributed by atoms with E-state index in [2.05, 4.69) is 43.1 Å². The van der Waals surface area contributed by atoms with Gasteiger partial charge >= 0.3 is 0 Å². The van der Waals surface area contributed by atoms with Crippen molar-refractivity contribution < 1.29 is 4.74 Å². The van der Waals surface area contributed by atoms with Crippen LogP contribution >= 0.6 is 0 Å². The van der Waals surface area contributed by atoms with E-state index in [-0.39, 0.29) is 0 Å². The SMILES string of the molecule is COc1c(C)cc(-c2cc(C)[nH]n2)c(C)c1C. The van der Waals surface area contributed by atoms with Crippen molar-refractivity contribution in [1.29, 1.82) is 0 Å². The van der Waals surface area contributed by atoms with Crippen LogP contribution in [0.2, 0.25) is 0 Å². The molecule has 2 rings (SSSR count). The fourth-order valence-electron chi connectivity index (χ4n) is 2.19. The Labute approximate surface area is 102 Å². The van der Waals surface area contributed by atoms with Crippen molar-refractivity contribution in [1.82, 2.24) is 10.2 Å². The number of aromatic amines is 1. The fourth-order valence-corrected chi connectivity index (χ4v) is 2.19. The molecule has 2 aromatic rings. The maximum Gasteiger partial charge on any atom is 0.124 e. The van der Waals surface area contributed by atoms with E-state index in [0.717, 1.165) is 22.7 Å². The summed E-state index contributed by atoms with van der Waals surface area (Å²) in [5, 5.41) is 7.30. The second kappa shape index (κ2) is 4.24. The van der Waals surface area contributed by atoms with E-state index in [1.807, 2.05) is 6.92 Å². The van der Waals surface area contributed by atoms with Gasteiger partial charge in [-0.25, -0.2) is 0 Å². The van der Waals surface area contributed by atoms with Gasteiger partial charge in [0.15, 0.2) is 0 Å². The van der Waals surface area contributed by atoms with Crippen LogP contribution in [-0.4, -0.2) is 17.3 Å². The van der Waals surface area contributed by atoms with Crippen LogP contribution in [0.5, 0.6) is 5.75 Å². The van der Waals surface area contributed by atoms with Crippen molar-refractivity contribution in [3.63, 3.8) is 0 Å². The number of aryl methyl sites for hydroxylation is 2. The number of methoxy groups -OCH3 is 1. The summed E-state index contributed by atoms with van der Waals surface area (Å²) in [6.07, 6.45) is 0. The first kappa shape index (κ1) is 11.7. The Morgan fingerprint density at radius 3 is 2.29 bits per heavy atom. The van der Waals surface area contributed by atoms with E-state index in [4.69, 9.17) is 4.74 Å². The van der Waals surface area contributed by atoms with E-state index in [1.54, 1.807) is 7.11 Å². The first-order valence-electron chi connectivity index (χ1n) is 5.71. The van der Waals surface area contributed by atoms with Crippen LogP contribution < -0.4 is 4.74 Å². The topological polar surface area (TPSA) is 37.9 Å². The summed E-state index contributed by atoms with van der Waals surface area (Å²) in [5.41, 5.74) is 6.79. The van der Waals surface area contributed by atoms with Crippen LogP contribution in [0, 0.1) is 27.7 Å². The maximum absolute atomic E-state index is 5.42. The third-order valence-electron chi connectivity index (χ3n) is 3.21. The molecule has 1 aromatic carbocycles. The maximum atomic E-state index is 5.42. The normalized spacial score (nSPS) is 10.6. The van der Waals surface area contributed by atoms with E-state index >= 15 is 0 Å². The molecule has 0 fully saturated rings. The molecule has 0 spiro atoms. The zero-order chi connectivity index (χ0) is 12.6. The van der Waals surface area contributed by atoms with Crippen LogP contribution in [0.15, 0.2) is 12.1 Å². The van der Waals surface area contributed by atoms with Crippen LogP contribution in [0.3, 0.4) is 0 Å². The van der Waals surface area contributed by atoms with Crippen molar-refractivity contribution in [3.8, 4) is 17.0 Å². The Kier molecular flexibility index (Phi) is 2.92. The number of nitrogens with one attached hydrogen (secondary N) is 1. The molecule has 0 amide bonds. The van der Waals surface area contributed by atoms with E-state index < -0.39 is 0 Å². The van der Waals surface area contributed by atoms with Crippen LogP contribution in [0.1, 0.15) is 22.4 Å². The van der Waals surface area contributed by atoms with Gasteiger partial charge in [0.25, 0.3) is 0 Å². The smallest absolute Gasteiger partial charge is 0.124 e. The van der Waals surface area contributed by atoms with Crippen molar-refractivity contribution >= 4 is 0 Å². The quantitative estimate of drug-likeness (QED) is 0.859. The Bertz CT molecular complexity index is 556. The molecule has 1 N–H and O–H groups in total. The molecule has 0 saturated carbocycles. The Morgan fingerprint density at radius 1 is 1.06 bits per heavy atom. The molecule has 3 nitrogen and oxygen atoms in total. The number of rotatable bonds is 2. The van der Waals surface area contributed by atoms with Crippen molar-refractivity contribution in [2.24, 2.45) is 0 Å². The van der Waals surface area contributed by atoms with Crippen molar-refractivity contribution in [3.05, 3.63) is 34.5 Å². The van der Waals surface area contributed by atoms with E-state index in [0.29, 0.717) is 0 Å². The predicted molar refractivity (Wildman–Crippen MR) is 69.5 cm³/mol. The lowest BCUT2D eigenvalue weighted by atomic mass is 9.96. The lowest BCUT2D eigenvalue weighted by Gasteiger charge is -2.14. The third kappa shape index (κ3) is 1.93. The van der Waals surface area contributed by atoms with Gasteiger partial charge in [0.2, 0.25) is 0 Å². The number of aromatic nitrogens is 2. The highest BCUT2D eigenvalue weighted by atomic mass is 16.5. The molecule has 90 valence electrons. The summed E-state index contributed by atoms with van der Waals surface area (Å²) in [4.78, 5) is 0. The zero-order valence-corrected chi connectivity index (χ0v) is 11.0. The Balaban J connectivity index is 2.64. The number of benzene rings is 1. The molecule has 0 unspecified atom stereocenters. The standard InChI is InChI=1S/C14H18N2O/c1-8-6-12(13-7-9(2)15-16-13)10(3)11(4)14(8)17-5/h6-7H,1-5H3,(H,15,16). The van der Waals surface area contributed by atoms with Crippen molar-refractivity contribution in [2.45, 2.75) is 27.7 Å². The first-order valence-corrected chi connectivity index (χ1v) is 5.71. The van der Waals surface area contributed by atoms with Gasteiger partial charge in [-0.1, -0.05) is 0 Å². The van der Waals surface area contributed by atoms with Crippen LogP contribution in [0.25, 0.3) is 11.3 Å². The molecule has 17 heavy (non-hydrogen) atoms. The minimum Gasteiger partial charge on any atom is -0.496 e. The lowest BCUT2D eigenvalue weighted by molar-refractivity contribution is 0.408. The summed E-state index contributed by atoms with van der Waals surface area (Å²) in [7, 11) is 1.72. The molecule has 0 aliphatic carbocycles. The van der Waals surface area contributed by atoms with Gasteiger partial charge in [-0.05, 0) is 56.5 Å². The number of hydrogen-bond donors (Lipinski definition) is 1. The second-order valence-corrected chi connectivity index (χ2v) is 4.46. The highest BCUT2D eigenvalue weighted by Crippen LogP contribution is 2.33. The van der Waals surface area contributed by atoms with E-state index in [9.17, 15) is 0 Å². The molecule has 0 bridgehead atoms. The van der Waals surface area contributed by atoms with Gasteiger partial charge in [-0.2, -0.15) is 5.10 Å². The van der Waals surface area contributed by atoms with Crippen LogP contribution in [0.4, 0.5) is 0 Å². The minimum atomic E-state index is 0.971. The number of nitrogens with zero attached hydrogens (tertiary/aromatic N) is 1. The molecule has 0 atom stereocenters. The summed E-state index contributed by atoms with van der Waals surface area (Å²) in [6.45, 7) is 8.27. The second-order valence-electron chi connectivity index (χ2n) is 4.46. The highest BCUT2D eigenvalue weighted by Gasteiger charge is 2.13. The molecular formula is C14H18N2O. The zero-order valence-electron chi connectivity index (χ0n) is 11.0. The predicted octanol–water partition coefficient (Wildman–Crippen LogP) is 3.32. The van der Waals surface area contributed by atoms with E-state index in [1.165, 1.54) is 16.7 Å². The molecule has 0 saturated heterocycles. The summed E-state index contributed by atoms with van der Waals surface area (Å²) in [5.74, 6) is 0.971. The molecule has 0 radical (unpaired) electrons. The highest BCUT2D eigenvalue weighted by molar-refractivity contribution is 5.69. The Morgan fingerprint density at radius 2 is 1.76 bits per heavy atom. The summed E-state index contributed by atoms with van der Waals surface area (Å²) >= 11 is 0. The largest absolute Gasteiger partial charge is 0.496 e. The van der Waals surface area contributed by atoms with Gasteiger partial charge in [-0.3, -0.25) is 5.10 Å². The molecule has 1 aromatic heterocycles. The van der Waals surface area contributed by atoms with Gasteiger partial charge in [-0.15, -0.1) is 0 Å². The molecule has 3 heteroatoms.